The lowest BCUT2D eigenvalue weighted by molar-refractivity contribution is -0.176. The van der Waals surface area contributed by atoms with Gasteiger partial charge in [0.25, 0.3) is 5.56 Å². The van der Waals surface area contributed by atoms with E-state index in [9.17, 15) is 22.8 Å². The summed E-state index contributed by atoms with van der Waals surface area (Å²) in [6.07, 6.45) is -3.90. The van der Waals surface area contributed by atoms with Gasteiger partial charge in [-0.15, -0.1) is 0 Å². The molecule has 1 aromatic heterocycles. The summed E-state index contributed by atoms with van der Waals surface area (Å²) in [5, 5.41) is 3.26. The fourth-order valence-corrected chi connectivity index (χ4v) is 2.81. The number of halogens is 3. The highest BCUT2D eigenvalue weighted by atomic mass is 19.4. The number of nitrogens with zero attached hydrogens (tertiary/aromatic N) is 1. The summed E-state index contributed by atoms with van der Waals surface area (Å²) in [6, 6.07) is 13.7. The summed E-state index contributed by atoms with van der Waals surface area (Å²) >= 11 is 0. The summed E-state index contributed by atoms with van der Waals surface area (Å²) < 4.78 is 40.8. The number of carbonyl (C=O) groups is 1. The van der Waals surface area contributed by atoms with Crippen molar-refractivity contribution in [3.05, 3.63) is 75.8 Å². The van der Waals surface area contributed by atoms with Gasteiger partial charge in [0.05, 0.1) is 17.5 Å². The Bertz CT molecular complexity index is 1060. The highest BCUT2D eigenvalue weighted by Crippen LogP contribution is 2.16. The van der Waals surface area contributed by atoms with Crippen LogP contribution in [0.1, 0.15) is 23.4 Å². The molecule has 9 heteroatoms. The van der Waals surface area contributed by atoms with Gasteiger partial charge in [0.2, 0.25) is 5.91 Å². The number of carbonyl (C=O) groups excluding carboxylic acids is 1. The number of hydrogen-bond donors (Lipinski definition) is 2. The van der Waals surface area contributed by atoms with Crippen LogP contribution in [-0.2, 0) is 29.1 Å². The molecule has 1 amide bonds. The fraction of sp³-hybridized carbons (Fsp3) is 0.286. The average molecular weight is 419 g/mol. The zero-order valence-corrected chi connectivity index (χ0v) is 16.0. The molecule has 2 N–H and O–H groups in total. The molecule has 0 aliphatic rings. The van der Waals surface area contributed by atoms with Crippen molar-refractivity contribution >= 4 is 16.8 Å². The first-order valence-electron chi connectivity index (χ1n) is 9.27. The molecular weight excluding hydrogens is 399 g/mol. The number of ether oxygens (including phenoxy) is 1. The van der Waals surface area contributed by atoms with Gasteiger partial charge in [-0.3, -0.25) is 9.59 Å². The van der Waals surface area contributed by atoms with E-state index in [0.29, 0.717) is 28.7 Å². The van der Waals surface area contributed by atoms with Crippen LogP contribution in [0.5, 0.6) is 0 Å². The Morgan fingerprint density at radius 2 is 1.77 bits per heavy atom. The van der Waals surface area contributed by atoms with Gasteiger partial charge in [0, 0.05) is 19.4 Å². The molecule has 6 nitrogen and oxygen atoms in total. The van der Waals surface area contributed by atoms with Crippen molar-refractivity contribution in [1.29, 1.82) is 0 Å². The number of aromatic nitrogens is 2. The molecule has 0 spiro atoms. The summed E-state index contributed by atoms with van der Waals surface area (Å²) in [5.41, 5.74) is 1.76. The Balaban J connectivity index is 1.45. The zero-order valence-electron chi connectivity index (χ0n) is 16.0. The number of para-hydroxylation sites is 1. The van der Waals surface area contributed by atoms with E-state index in [4.69, 9.17) is 0 Å². The number of aryl methyl sites for hydroxylation is 1. The third kappa shape index (κ3) is 6.41. The maximum absolute atomic E-state index is 12.1. The molecule has 30 heavy (non-hydrogen) atoms. The second-order valence-corrected chi connectivity index (χ2v) is 6.73. The number of alkyl halides is 3. The number of fused-ring (bicyclic) bond motifs is 1. The molecule has 3 rings (SSSR count). The number of benzene rings is 2. The quantitative estimate of drug-likeness (QED) is 0.587. The lowest BCUT2D eigenvalue weighted by Gasteiger charge is -2.09. The molecule has 1 heterocycles. The summed E-state index contributed by atoms with van der Waals surface area (Å²) in [4.78, 5) is 31.2. The highest BCUT2D eigenvalue weighted by Gasteiger charge is 2.27. The monoisotopic (exact) mass is 419 g/mol. The molecule has 0 aliphatic heterocycles. The summed E-state index contributed by atoms with van der Waals surface area (Å²) in [6.45, 7) is -1.14. The number of hydrogen-bond acceptors (Lipinski definition) is 4. The first kappa shape index (κ1) is 21.5. The molecule has 0 unspecified atom stereocenters. The van der Waals surface area contributed by atoms with Crippen LogP contribution in [0, 0.1) is 0 Å². The molecule has 0 bridgehead atoms. The normalized spacial score (nSPS) is 11.6. The minimum absolute atomic E-state index is 0.136. The molecule has 0 saturated heterocycles. The molecule has 0 aliphatic carbocycles. The Morgan fingerprint density at radius 1 is 1.07 bits per heavy atom. The largest absolute Gasteiger partial charge is 0.411 e. The van der Waals surface area contributed by atoms with E-state index in [-0.39, 0.29) is 31.0 Å². The van der Waals surface area contributed by atoms with Gasteiger partial charge in [-0.25, -0.2) is 4.98 Å². The number of amides is 1. The number of rotatable bonds is 8. The first-order chi connectivity index (χ1) is 14.3. The van der Waals surface area contributed by atoms with Crippen LogP contribution in [0.2, 0.25) is 0 Å². The van der Waals surface area contributed by atoms with E-state index < -0.39 is 12.8 Å². The predicted octanol–water partition coefficient (Wildman–Crippen LogP) is 3.25. The highest BCUT2D eigenvalue weighted by molar-refractivity contribution is 5.78. The topological polar surface area (TPSA) is 84.1 Å². The third-order valence-corrected chi connectivity index (χ3v) is 4.30. The molecule has 158 valence electrons. The van der Waals surface area contributed by atoms with E-state index in [1.165, 1.54) is 0 Å². The maximum atomic E-state index is 12.1. The second kappa shape index (κ2) is 9.53. The summed E-state index contributed by atoms with van der Waals surface area (Å²) in [7, 11) is 0. The first-order valence-corrected chi connectivity index (χ1v) is 9.27. The Kier molecular flexibility index (Phi) is 6.83. The predicted molar refractivity (Wildman–Crippen MR) is 105 cm³/mol. The Labute approximate surface area is 170 Å². The van der Waals surface area contributed by atoms with Gasteiger partial charge in [0.1, 0.15) is 12.4 Å². The zero-order chi connectivity index (χ0) is 21.6. The number of nitrogens with one attached hydrogen (secondary N) is 2. The molecule has 0 fully saturated rings. The summed E-state index contributed by atoms with van der Waals surface area (Å²) in [5.74, 6) is 0.237. The van der Waals surface area contributed by atoms with Crippen molar-refractivity contribution in [1.82, 2.24) is 15.3 Å². The van der Waals surface area contributed by atoms with Crippen molar-refractivity contribution in [3.8, 4) is 0 Å². The smallest absolute Gasteiger partial charge is 0.367 e. The van der Waals surface area contributed by atoms with Gasteiger partial charge < -0.3 is 15.0 Å². The fourth-order valence-electron chi connectivity index (χ4n) is 2.81. The van der Waals surface area contributed by atoms with Crippen LogP contribution in [0.15, 0.2) is 53.3 Å². The van der Waals surface area contributed by atoms with Gasteiger partial charge in [-0.2, -0.15) is 13.2 Å². The van der Waals surface area contributed by atoms with Gasteiger partial charge >= 0.3 is 6.18 Å². The number of aromatic amines is 1. The minimum atomic E-state index is -4.35. The Hall–Kier alpha value is -3.20. The van der Waals surface area contributed by atoms with Crippen molar-refractivity contribution in [2.45, 2.75) is 32.2 Å². The number of H-pyrrole nitrogens is 1. The van der Waals surface area contributed by atoms with Crippen molar-refractivity contribution < 1.29 is 22.7 Å². The maximum Gasteiger partial charge on any atom is 0.411 e. The van der Waals surface area contributed by atoms with Gasteiger partial charge in [-0.1, -0.05) is 36.4 Å². The van der Waals surface area contributed by atoms with Crippen LogP contribution in [0.4, 0.5) is 13.2 Å². The molecule has 0 atom stereocenters. The average Bonchev–Trinajstić information content (AvgIpc) is 2.71. The second-order valence-electron chi connectivity index (χ2n) is 6.73. The van der Waals surface area contributed by atoms with Gasteiger partial charge in [0.15, 0.2) is 0 Å². The van der Waals surface area contributed by atoms with Crippen LogP contribution in [-0.4, -0.2) is 28.7 Å². The van der Waals surface area contributed by atoms with E-state index in [2.05, 4.69) is 20.0 Å². The molecule has 2 aromatic carbocycles. The SMILES string of the molecule is O=C(CCc1nc2ccccc2c(=O)[nH]1)NCc1ccc(COCC(F)(F)F)cc1. The lowest BCUT2D eigenvalue weighted by atomic mass is 10.1. The van der Waals surface area contributed by atoms with Gasteiger partial charge in [-0.05, 0) is 23.3 Å². The molecule has 3 aromatic rings. The van der Waals surface area contributed by atoms with E-state index in [1.807, 2.05) is 0 Å². The molecular formula is C21H20F3N3O3. The standard InChI is InChI=1S/C21H20F3N3O3/c22-21(23,24)13-30-12-15-7-5-14(6-8-15)11-25-19(28)10-9-18-26-17-4-2-1-3-16(17)20(29)27-18/h1-8H,9-13H2,(H,25,28)(H,26,27,29). The van der Waals surface area contributed by atoms with Crippen molar-refractivity contribution in [2.75, 3.05) is 6.61 Å². The Morgan fingerprint density at radius 3 is 2.50 bits per heavy atom. The minimum Gasteiger partial charge on any atom is -0.367 e. The van der Waals surface area contributed by atoms with E-state index in [1.54, 1.807) is 48.5 Å². The van der Waals surface area contributed by atoms with Crippen LogP contribution in [0.25, 0.3) is 10.9 Å². The van der Waals surface area contributed by atoms with Crippen LogP contribution in [0.3, 0.4) is 0 Å². The lowest BCUT2D eigenvalue weighted by Crippen LogP contribution is -2.23. The molecule has 0 saturated carbocycles. The van der Waals surface area contributed by atoms with Crippen LogP contribution < -0.4 is 10.9 Å². The van der Waals surface area contributed by atoms with E-state index in [0.717, 1.165) is 5.56 Å². The van der Waals surface area contributed by atoms with Crippen LogP contribution >= 0.6 is 0 Å². The van der Waals surface area contributed by atoms with E-state index >= 15 is 0 Å². The van der Waals surface area contributed by atoms with Crippen molar-refractivity contribution in [2.24, 2.45) is 0 Å². The molecule has 0 radical (unpaired) electrons. The third-order valence-electron chi connectivity index (χ3n) is 4.30. The van der Waals surface area contributed by atoms with Crippen molar-refractivity contribution in [3.63, 3.8) is 0 Å².